The number of carboxylic acids is 1. The first-order chi connectivity index (χ1) is 9.36. The molecule has 1 unspecified atom stereocenters. The van der Waals surface area contributed by atoms with Crippen LogP contribution in [0.1, 0.15) is 16.8 Å². The summed E-state index contributed by atoms with van der Waals surface area (Å²) in [5, 5.41) is 21.5. The third-order valence-corrected chi connectivity index (χ3v) is 2.35. The molecule has 0 saturated heterocycles. The summed E-state index contributed by atoms with van der Waals surface area (Å²) in [7, 11) is 0. The average molecular weight is 281 g/mol. The Morgan fingerprint density at radius 1 is 1.60 bits per heavy atom. The fourth-order valence-corrected chi connectivity index (χ4v) is 1.37. The van der Waals surface area contributed by atoms with E-state index in [4.69, 9.17) is 5.11 Å². The number of carboxylic acid groups (broad SMARTS) is 1. The van der Waals surface area contributed by atoms with Crippen LogP contribution in [0.25, 0.3) is 0 Å². The number of H-pyrrole nitrogens is 1. The highest BCUT2D eigenvalue weighted by atomic mass is 16.6. The number of carbonyl (C=O) groups excluding carboxylic acids is 1. The molecule has 9 nitrogen and oxygen atoms in total. The number of carbonyl (C=O) groups is 2. The van der Waals surface area contributed by atoms with E-state index in [1.165, 1.54) is 6.08 Å². The maximum absolute atomic E-state index is 11.8. The quantitative estimate of drug-likeness (QED) is 0.381. The Morgan fingerprint density at radius 2 is 2.25 bits per heavy atom. The average Bonchev–Trinajstić information content (AvgIpc) is 2.38. The van der Waals surface area contributed by atoms with Gasteiger partial charge in [-0.05, 0) is 6.42 Å². The lowest BCUT2D eigenvalue weighted by molar-refractivity contribution is -0.385. The predicted molar refractivity (Wildman–Crippen MR) is 67.4 cm³/mol. The molecule has 1 heterocycles. The summed E-state index contributed by atoms with van der Waals surface area (Å²) in [4.78, 5) is 45.9. The zero-order valence-electron chi connectivity index (χ0n) is 10.2. The van der Waals surface area contributed by atoms with Crippen molar-refractivity contribution in [3.63, 3.8) is 0 Å². The molecular weight excluding hydrogens is 270 g/mol. The second-order valence-electron chi connectivity index (χ2n) is 3.75. The predicted octanol–water partition coefficient (Wildman–Crippen LogP) is 0.0422. The molecule has 106 valence electrons. The first-order valence-electron chi connectivity index (χ1n) is 5.38. The number of nitrogens with one attached hydrogen (secondary N) is 2. The van der Waals surface area contributed by atoms with Crippen molar-refractivity contribution in [3.05, 3.63) is 50.9 Å². The van der Waals surface area contributed by atoms with E-state index in [2.05, 4.69) is 11.9 Å². The van der Waals surface area contributed by atoms with Crippen LogP contribution in [-0.2, 0) is 4.79 Å². The van der Waals surface area contributed by atoms with E-state index in [-0.39, 0.29) is 6.42 Å². The number of rotatable bonds is 6. The molecule has 0 aromatic carbocycles. The molecule has 0 aliphatic rings. The van der Waals surface area contributed by atoms with Crippen molar-refractivity contribution >= 4 is 17.6 Å². The lowest BCUT2D eigenvalue weighted by Crippen LogP contribution is -2.42. The van der Waals surface area contributed by atoms with Crippen molar-refractivity contribution in [2.75, 3.05) is 0 Å². The number of aliphatic carboxylic acids is 1. The fourth-order valence-electron chi connectivity index (χ4n) is 1.37. The lowest BCUT2D eigenvalue weighted by atomic mass is 10.1. The van der Waals surface area contributed by atoms with Crippen molar-refractivity contribution in [2.24, 2.45) is 0 Å². The van der Waals surface area contributed by atoms with Gasteiger partial charge in [-0.2, -0.15) is 0 Å². The molecule has 9 heteroatoms. The monoisotopic (exact) mass is 281 g/mol. The molecule has 0 aliphatic carbocycles. The van der Waals surface area contributed by atoms with Crippen LogP contribution in [0, 0.1) is 10.1 Å². The van der Waals surface area contributed by atoms with Crippen LogP contribution in [0.3, 0.4) is 0 Å². The van der Waals surface area contributed by atoms with Crippen LogP contribution in [0.2, 0.25) is 0 Å². The molecule has 1 aromatic heterocycles. The summed E-state index contributed by atoms with van der Waals surface area (Å²) in [6, 6.07) is -0.486. The highest BCUT2D eigenvalue weighted by molar-refractivity contribution is 5.96. The molecule has 0 saturated carbocycles. The van der Waals surface area contributed by atoms with E-state index in [0.29, 0.717) is 0 Å². The van der Waals surface area contributed by atoms with Crippen molar-refractivity contribution in [1.82, 2.24) is 10.3 Å². The number of nitrogens with zero attached hydrogens (tertiary/aromatic N) is 1. The van der Waals surface area contributed by atoms with Crippen LogP contribution in [-0.4, -0.2) is 32.9 Å². The molecule has 0 spiro atoms. The number of hydrogen-bond acceptors (Lipinski definition) is 5. The zero-order chi connectivity index (χ0) is 15.3. The van der Waals surface area contributed by atoms with Gasteiger partial charge in [0.1, 0.15) is 11.6 Å². The highest BCUT2D eigenvalue weighted by Gasteiger charge is 2.22. The number of pyridine rings is 1. The minimum Gasteiger partial charge on any atom is -0.480 e. The molecule has 0 fully saturated rings. The summed E-state index contributed by atoms with van der Waals surface area (Å²) in [5.41, 5.74) is -1.87. The molecule has 20 heavy (non-hydrogen) atoms. The standard InChI is InChI=1S/C11H11N3O6/c1-2-3-8(11(17)18)13-10(16)7-4-6(14(19)20)5-12-9(7)15/h2,4-5,8H,1,3H2,(H,12,15)(H,13,16)(H,17,18). The molecule has 1 atom stereocenters. The Labute approximate surface area is 112 Å². The Kier molecular flexibility index (Phi) is 4.73. The van der Waals surface area contributed by atoms with Gasteiger partial charge in [-0.3, -0.25) is 19.7 Å². The molecule has 3 N–H and O–H groups in total. The normalized spacial score (nSPS) is 11.4. The first kappa shape index (κ1) is 15.1. The highest BCUT2D eigenvalue weighted by Crippen LogP contribution is 2.08. The number of nitro groups is 1. The molecule has 0 aliphatic heterocycles. The summed E-state index contributed by atoms with van der Waals surface area (Å²) in [6.45, 7) is 3.35. The summed E-state index contributed by atoms with van der Waals surface area (Å²) >= 11 is 0. The van der Waals surface area contributed by atoms with Crippen LogP contribution in [0.15, 0.2) is 29.7 Å². The number of amides is 1. The molecular formula is C11H11N3O6. The third kappa shape index (κ3) is 3.51. The second-order valence-corrected chi connectivity index (χ2v) is 3.75. The van der Waals surface area contributed by atoms with Crippen LogP contribution >= 0.6 is 0 Å². The second kappa shape index (κ2) is 6.27. The molecule has 1 aromatic rings. The smallest absolute Gasteiger partial charge is 0.326 e. The van der Waals surface area contributed by atoms with Crippen molar-refractivity contribution < 1.29 is 19.6 Å². The number of aromatic amines is 1. The van der Waals surface area contributed by atoms with E-state index < -0.39 is 39.7 Å². The van der Waals surface area contributed by atoms with E-state index >= 15 is 0 Å². The van der Waals surface area contributed by atoms with Gasteiger partial charge in [0, 0.05) is 6.07 Å². The molecule has 0 bridgehead atoms. The minimum absolute atomic E-state index is 0.0477. The van der Waals surface area contributed by atoms with Crippen molar-refractivity contribution in [3.8, 4) is 0 Å². The van der Waals surface area contributed by atoms with E-state index in [0.717, 1.165) is 12.3 Å². The Balaban J connectivity index is 3.05. The largest absolute Gasteiger partial charge is 0.480 e. The number of hydrogen-bond donors (Lipinski definition) is 3. The van der Waals surface area contributed by atoms with Gasteiger partial charge in [-0.1, -0.05) is 6.08 Å². The maximum atomic E-state index is 11.8. The minimum atomic E-state index is -1.31. The Hall–Kier alpha value is -2.97. The van der Waals surface area contributed by atoms with Gasteiger partial charge in [-0.15, -0.1) is 6.58 Å². The zero-order valence-corrected chi connectivity index (χ0v) is 10.2. The third-order valence-electron chi connectivity index (χ3n) is 2.35. The SMILES string of the molecule is C=CCC(NC(=O)c1cc([N+](=O)[O-])c[nH]c1=O)C(=O)O. The molecule has 0 radical (unpaired) electrons. The Bertz CT molecular complexity index is 621. The molecule has 1 amide bonds. The Morgan fingerprint density at radius 3 is 2.75 bits per heavy atom. The van der Waals surface area contributed by atoms with Gasteiger partial charge >= 0.3 is 5.97 Å². The van der Waals surface area contributed by atoms with Gasteiger partial charge in [0.25, 0.3) is 17.2 Å². The van der Waals surface area contributed by atoms with Gasteiger partial charge in [-0.25, -0.2) is 4.79 Å². The van der Waals surface area contributed by atoms with E-state index in [9.17, 15) is 24.5 Å². The van der Waals surface area contributed by atoms with Gasteiger partial charge in [0.15, 0.2) is 0 Å². The van der Waals surface area contributed by atoms with Crippen LogP contribution in [0.5, 0.6) is 0 Å². The van der Waals surface area contributed by atoms with Gasteiger partial charge < -0.3 is 15.4 Å². The lowest BCUT2D eigenvalue weighted by Gasteiger charge is -2.11. The van der Waals surface area contributed by atoms with Crippen LogP contribution < -0.4 is 10.9 Å². The summed E-state index contributed by atoms with van der Waals surface area (Å²) in [5.74, 6) is -2.32. The van der Waals surface area contributed by atoms with Crippen molar-refractivity contribution in [2.45, 2.75) is 12.5 Å². The number of aromatic nitrogens is 1. The fraction of sp³-hybridized carbons (Fsp3) is 0.182. The van der Waals surface area contributed by atoms with Gasteiger partial charge in [0.2, 0.25) is 0 Å². The first-order valence-corrected chi connectivity index (χ1v) is 5.38. The van der Waals surface area contributed by atoms with Crippen LogP contribution in [0.4, 0.5) is 5.69 Å². The van der Waals surface area contributed by atoms with E-state index in [1.807, 2.05) is 4.98 Å². The van der Waals surface area contributed by atoms with Crippen molar-refractivity contribution in [1.29, 1.82) is 0 Å². The topological polar surface area (TPSA) is 142 Å². The molecule has 1 rings (SSSR count). The summed E-state index contributed by atoms with van der Waals surface area (Å²) < 4.78 is 0. The van der Waals surface area contributed by atoms with Gasteiger partial charge in [0.05, 0.1) is 11.1 Å². The maximum Gasteiger partial charge on any atom is 0.326 e. The summed E-state index contributed by atoms with van der Waals surface area (Å²) in [6.07, 6.45) is 2.09. The van der Waals surface area contributed by atoms with E-state index in [1.54, 1.807) is 0 Å².